The Balaban J connectivity index is 1.03. The van der Waals surface area contributed by atoms with Gasteiger partial charge < -0.3 is 19.4 Å². The third kappa shape index (κ3) is 12.1. The molecule has 0 N–H and O–H groups in total. The molecule has 3 aromatic heterocycles. The molecule has 0 spiro atoms. The molecule has 0 saturated carbocycles. The highest BCUT2D eigenvalue weighted by Crippen LogP contribution is 2.44. The van der Waals surface area contributed by atoms with E-state index in [1.54, 1.807) is 34.0 Å². The van der Waals surface area contributed by atoms with Crippen LogP contribution >= 0.6 is 34.0 Å². The monoisotopic (exact) mass is 1160 g/mol. The highest BCUT2D eigenvalue weighted by molar-refractivity contribution is 7.13. The summed E-state index contributed by atoms with van der Waals surface area (Å²) in [6, 6.07) is 41.5. The Bertz CT molecular complexity index is 3970. The Labute approximate surface area is 508 Å². The van der Waals surface area contributed by atoms with Crippen LogP contribution in [0.15, 0.2) is 223 Å². The van der Waals surface area contributed by atoms with Crippen molar-refractivity contribution in [1.29, 1.82) is 0 Å². The lowest BCUT2D eigenvalue weighted by molar-refractivity contribution is 0.303. The number of nitrogens with zero attached hydrogens (tertiary/aromatic N) is 7. The molecule has 0 fully saturated rings. The molecule has 0 atom stereocenters. The lowest BCUT2D eigenvalue weighted by atomic mass is 9.97. The van der Waals surface area contributed by atoms with Gasteiger partial charge in [0.2, 0.25) is 0 Å². The van der Waals surface area contributed by atoms with Crippen molar-refractivity contribution in [3.63, 3.8) is 0 Å². The Morgan fingerprint density at radius 1 is 0.357 bits per heavy atom. The average molecular weight is 1160 g/mol. The SMILES string of the molecule is CCCCCCCCCCCOc1ccccc1C1=C2C=CC(=N2)C(c2cc(-c3cccc(N(C)C)c3)cs2)=C2C=CC(=N2)C(c2cc(-c3cccc(N(C)C)c3)cs2)=C2C=CC(=N2)C(c2cc(-c3cccc(N(C)C)c3)cs2)=C2C=CC1=N2. The van der Waals surface area contributed by atoms with Gasteiger partial charge in [-0.1, -0.05) is 113 Å². The molecule has 4 aromatic carbocycles. The van der Waals surface area contributed by atoms with Gasteiger partial charge in [-0.05, 0) is 165 Å². The smallest absolute Gasteiger partial charge is 0.127 e. The fraction of sp³-hybridized carbons (Fsp3) is 0.233. The van der Waals surface area contributed by atoms with Crippen molar-refractivity contribution >= 4 is 96.2 Å². The second-order valence-electron chi connectivity index (χ2n) is 22.5. The number of benzene rings is 4. The van der Waals surface area contributed by atoms with E-state index in [9.17, 15) is 0 Å². The first kappa shape index (κ1) is 56.3. The van der Waals surface area contributed by atoms with Gasteiger partial charge in [0.05, 0.1) is 52.2 Å². The van der Waals surface area contributed by atoms with Crippen LogP contribution in [0.5, 0.6) is 5.75 Å². The maximum absolute atomic E-state index is 6.82. The van der Waals surface area contributed by atoms with Gasteiger partial charge in [-0.15, -0.1) is 34.0 Å². The van der Waals surface area contributed by atoms with Crippen molar-refractivity contribution in [3.05, 3.63) is 223 Å². The van der Waals surface area contributed by atoms with Crippen LogP contribution in [0.2, 0.25) is 0 Å². The zero-order valence-electron chi connectivity index (χ0n) is 49.2. The predicted molar refractivity (Wildman–Crippen MR) is 365 cm³/mol. The Morgan fingerprint density at radius 3 is 1.11 bits per heavy atom. The Morgan fingerprint density at radius 2 is 0.714 bits per heavy atom. The molecule has 0 aliphatic carbocycles. The van der Waals surface area contributed by atoms with Gasteiger partial charge in [-0.3, -0.25) is 0 Å². The van der Waals surface area contributed by atoms with Crippen molar-refractivity contribution < 1.29 is 4.74 Å². The van der Waals surface area contributed by atoms with E-state index in [0.29, 0.717) is 6.61 Å². The van der Waals surface area contributed by atoms with Gasteiger partial charge in [0.1, 0.15) is 5.75 Å². The number of aliphatic imine (C=N–C) groups is 4. The maximum Gasteiger partial charge on any atom is 0.127 e. The number of allylic oxidation sites excluding steroid dienone is 12. The minimum absolute atomic E-state index is 0.636. The molecule has 5 aliphatic heterocycles. The minimum atomic E-state index is 0.636. The molecule has 0 radical (unpaired) electrons. The lowest BCUT2D eigenvalue weighted by Gasteiger charge is -2.15. The third-order valence-electron chi connectivity index (χ3n) is 15.9. The summed E-state index contributed by atoms with van der Waals surface area (Å²) < 4.78 is 6.82. The van der Waals surface area contributed by atoms with Crippen molar-refractivity contribution in [2.45, 2.75) is 64.7 Å². The second-order valence-corrected chi connectivity index (χ2v) is 25.2. The molecular weight excluding hydrogens is 1090 g/mol. The number of hydrogen-bond acceptors (Lipinski definition) is 11. The molecule has 0 unspecified atom stereocenters. The molecule has 8 heterocycles. The van der Waals surface area contributed by atoms with Crippen molar-refractivity contribution in [2.24, 2.45) is 20.0 Å². The summed E-state index contributed by atoms with van der Waals surface area (Å²) in [4.78, 5) is 32.4. The third-order valence-corrected chi connectivity index (χ3v) is 18.7. The Kier molecular flexibility index (Phi) is 17.0. The van der Waals surface area contributed by atoms with Crippen LogP contribution in [0, 0.1) is 0 Å². The van der Waals surface area contributed by atoms with E-state index in [2.05, 4.69) is 244 Å². The molecule has 0 amide bonds. The fourth-order valence-corrected chi connectivity index (χ4v) is 14.2. The number of para-hydroxylation sites is 1. The molecule has 8 nitrogen and oxygen atoms in total. The summed E-state index contributed by atoms with van der Waals surface area (Å²) in [5.41, 5.74) is 21.8. The number of ether oxygens (including phenoxy) is 1. The van der Waals surface area contributed by atoms with Gasteiger partial charge in [0.15, 0.2) is 0 Å². The van der Waals surface area contributed by atoms with Crippen LogP contribution in [-0.4, -0.2) is 71.7 Å². The van der Waals surface area contributed by atoms with E-state index in [4.69, 9.17) is 24.7 Å². The molecule has 5 aliphatic rings. The summed E-state index contributed by atoms with van der Waals surface area (Å²) in [6.45, 7) is 2.92. The van der Waals surface area contributed by atoms with E-state index in [-0.39, 0.29) is 0 Å². The molecule has 8 bridgehead atoms. The zero-order chi connectivity index (χ0) is 57.7. The number of anilines is 3. The van der Waals surface area contributed by atoms with Gasteiger partial charge in [0.25, 0.3) is 0 Å². The quantitative estimate of drug-likeness (QED) is 0.0673. The van der Waals surface area contributed by atoms with Crippen molar-refractivity contribution in [1.82, 2.24) is 0 Å². The van der Waals surface area contributed by atoms with Crippen LogP contribution in [0.1, 0.15) is 84.9 Å². The fourth-order valence-electron chi connectivity index (χ4n) is 11.3. The number of thiophene rings is 3. The molecule has 84 heavy (non-hydrogen) atoms. The van der Waals surface area contributed by atoms with Crippen LogP contribution < -0.4 is 19.4 Å². The molecule has 11 heteroatoms. The second kappa shape index (κ2) is 25.3. The molecule has 12 rings (SSSR count). The zero-order valence-corrected chi connectivity index (χ0v) is 51.6. The van der Waals surface area contributed by atoms with Gasteiger partial charge in [-0.25, -0.2) is 20.0 Å². The molecule has 7 aromatic rings. The highest BCUT2D eigenvalue weighted by atomic mass is 32.1. The minimum Gasteiger partial charge on any atom is -0.493 e. The van der Waals surface area contributed by atoms with Crippen molar-refractivity contribution in [3.8, 4) is 39.1 Å². The largest absolute Gasteiger partial charge is 0.493 e. The summed E-state index contributed by atoms with van der Waals surface area (Å²) in [6.07, 6.45) is 28.6. The first-order valence-electron chi connectivity index (χ1n) is 29.4. The van der Waals surface area contributed by atoms with E-state index in [1.807, 2.05) is 0 Å². The lowest BCUT2D eigenvalue weighted by Crippen LogP contribution is -2.08. The van der Waals surface area contributed by atoms with E-state index >= 15 is 0 Å². The first-order chi connectivity index (χ1) is 41.1. The van der Waals surface area contributed by atoms with Crippen LogP contribution in [-0.2, 0) is 0 Å². The molecule has 422 valence electrons. The molecular formula is C73H71N7OS3. The van der Waals surface area contributed by atoms with Gasteiger partial charge >= 0.3 is 0 Å². The van der Waals surface area contributed by atoms with E-state index in [0.717, 1.165) is 157 Å². The average Bonchev–Trinajstić information content (AvgIpc) is 3.81. The summed E-state index contributed by atoms with van der Waals surface area (Å²) >= 11 is 5.17. The summed E-state index contributed by atoms with van der Waals surface area (Å²) in [5.74, 6) is 0.824. The number of rotatable bonds is 21. The summed E-state index contributed by atoms with van der Waals surface area (Å²) in [5, 5.41) is 6.78. The maximum atomic E-state index is 6.82. The topological polar surface area (TPSA) is 68.4 Å². The summed E-state index contributed by atoms with van der Waals surface area (Å²) in [7, 11) is 12.5. The number of unbranched alkanes of at least 4 members (excludes halogenated alkanes) is 8. The number of fused-ring (bicyclic) bond motifs is 4. The van der Waals surface area contributed by atoms with Crippen LogP contribution in [0.4, 0.5) is 17.1 Å². The van der Waals surface area contributed by atoms with E-state index in [1.165, 1.54) is 44.9 Å². The first-order valence-corrected chi connectivity index (χ1v) is 32.1. The standard InChI is InChI=1S/C73H71N7OS3/c1-8-9-10-11-12-13-14-15-18-38-81-66-29-17-16-28-57(66)70-58-30-32-60(74-58)71(67-42-51(45-82-67)48-22-19-25-54(39-48)78(2)3)62-34-36-64(76-62)73(69-44-53(47-84-69)50-24-21-27-56(41-50)80(6)7)65-37-35-63(77-65)72(61-33-31-59(70)75-61)68-43-52(46-83-68)49-23-20-26-55(40-49)79(4)5/h16-17,19-37,39-47H,8-15,18,38H2,1-7H3. The Hall–Kier alpha value is -8.22. The van der Waals surface area contributed by atoms with Crippen LogP contribution in [0.3, 0.4) is 0 Å². The van der Waals surface area contributed by atoms with E-state index < -0.39 is 0 Å². The van der Waals surface area contributed by atoms with Gasteiger partial charge in [-0.2, -0.15) is 0 Å². The van der Waals surface area contributed by atoms with Crippen molar-refractivity contribution in [2.75, 3.05) is 63.6 Å². The normalized spacial score (nSPS) is 15.2. The molecule has 0 saturated heterocycles. The highest BCUT2D eigenvalue weighted by Gasteiger charge is 2.30. The van der Waals surface area contributed by atoms with Crippen LogP contribution in [0.25, 0.3) is 55.7 Å². The van der Waals surface area contributed by atoms with Gasteiger partial charge in [0, 0.05) is 102 Å². The number of hydrogen-bond donors (Lipinski definition) is 0. The predicted octanol–water partition coefficient (Wildman–Crippen LogP) is 19.0.